The first kappa shape index (κ1) is 16.9. The van der Waals surface area contributed by atoms with E-state index in [9.17, 15) is 4.79 Å². The fraction of sp³-hybridized carbons (Fsp3) is 0.333. The molecule has 2 aromatic rings. The Hall–Kier alpha value is -1.92. The van der Waals surface area contributed by atoms with Crippen molar-refractivity contribution >= 4 is 40.3 Å². The Bertz CT molecular complexity index is 769. The average Bonchev–Trinajstić information content (AvgIpc) is 2.98. The molecule has 0 aliphatic heterocycles. The van der Waals surface area contributed by atoms with Crippen LogP contribution in [0.3, 0.4) is 0 Å². The lowest BCUT2D eigenvalue weighted by Crippen LogP contribution is -2.44. The van der Waals surface area contributed by atoms with Gasteiger partial charge in [-0.1, -0.05) is 25.1 Å². The number of aryl methyl sites for hydroxylation is 1. The van der Waals surface area contributed by atoms with Gasteiger partial charge in [0.2, 0.25) is 0 Å². The molecule has 1 aliphatic carbocycles. The Morgan fingerprint density at radius 1 is 1.29 bits per heavy atom. The summed E-state index contributed by atoms with van der Waals surface area (Å²) in [7, 11) is 0. The molecule has 1 heterocycles. The molecule has 1 amide bonds. The molecule has 0 unspecified atom stereocenters. The molecule has 0 saturated heterocycles. The van der Waals surface area contributed by atoms with Crippen molar-refractivity contribution in [2.75, 3.05) is 5.32 Å². The van der Waals surface area contributed by atoms with E-state index in [1.54, 1.807) is 11.3 Å². The van der Waals surface area contributed by atoms with Gasteiger partial charge in [0.15, 0.2) is 5.11 Å². The Morgan fingerprint density at radius 3 is 2.88 bits per heavy atom. The third-order valence-corrected chi connectivity index (χ3v) is 5.58. The number of benzene rings is 1. The number of anilines is 1. The second-order valence-corrected chi connectivity index (χ2v) is 7.62. The smallest absolute Gasteiger partial charge is 0.270 e. The van der Waals surface area contributed by atoms with Crippen LogP contribution in [0.2, 0.25) is 0 Å². The van der Waals surface area contributed by atoms with Crippen LogP contribution in [0.5, 0.6) is 0 Å². The zero-order valence-corrected chi connectivity index (χ0v) is 15.4. The van der Waals surface area contributed by atoms with E-state index < -0.39 is 0 Å². The highest BCUT2D eigenvalue weighted by molar-refractivity contribution is 7.80. The van der Waals surface area contributed by atoms with E-state index in [4.69, 9.17) is 12.2 Å². The van der Waals surface area contributed by atoms with Gasteiger partial charge < -0.3 is 5.32 Å². The van der Waals surface area contributed by atoms with Gasteiger partial charge in [-0.3, -0.25) is 15.6 Å². The van der Waals surface area contributed by atoms with Crippen molar-refractivity contribution in [3.05, 3.63) is 51.2 Å². The van der Waals surface area contributed by atoms with Crippen molar-refractivity contribution in [3.63, 3.8) is 0 Å². The normalized spacial score (nSPS) is 16.2. The number of amides is 1. The van der Waals surface area contributed by atoms with Gasteiger partial charge in [0.25, 0.3) is 5.91 Å². The number of carbonyl (C=O) groups excluding carboxylic acids is 1. The lowest BCUT2D eigenvalue weighted by Gasteiger charge is -2.19. The predicted molar refractivity (Wildman–Crippen MR) is 104 cm³/mol. The molecule has 0 fully saturated rings. The number of hydrazine groups is 1. The molecule has 3 N–H and O–H groups in total. The molecule has 1 aromatic carbocycles. The van der Waals surface area contributed by atoms with Crippen LogP contribution in [-0.2, 0) is 12.8 Å². The molecular weight excluding hydrogens is 338 g/mol. The number of hydrogen-bond donors (Lipinski definition) is 3. The minimum absolute atomic E-state index is 0.129. The van der Waals surface area contributed by atoms with Gasteiger partial charge in [-0.15, -0.1) is 11.3 Å². The quantitative estimate of drug-likeness (QED) is 0.564. The van der Waals surface area contributed by atoms with Crippen LogP contribution in [0.4, 0.5) is 5.69 Å². The van der Waals surface area contributed by atoms with Crippen molar-refractivity contribution in [1.29, 1.82) is 0 Å². The summed E-state index contributed by atoms with van der Waals surface area (Å²) in [6.07, 6.45) is 3.20. The summed E-state index contributed by atoms with van der Waals surface area (Å²) in [5, 5.41) is 5.41. The molecule has 1 aromatic heterocycles. The van der Waals surface area contributed by atoms with Gasteiger partial charge in [-0.2, -0.15) is 0 Å². The first-order valence-corrected chi connectivity index (χ1v) is 9.35. The number of thiocarbonyl (C=S) groups is 1. The first-order valence-electron chi connectivity index (χ1n) is 8.07. The average molecular weight is 360 g/mol. The van der Waals surface area contributed by atoms with Crippen LogP contribution < -0.4 is 16.2 Å². The SMILES string of the molecule is Cc1ccccc1NC(=S)NNC(=O)c1csc2c1CC[C@@H](C)C2. The van der Waals surface area contributed by atoms with Crippen molar-refractivity contribution in [2.24, 2.45) is 5.92 Å². The van der Waals surface area contributed by atoms with Crippen LogP contribution in [-0.4, -0.2) is 11.0 Å². The van der Waals surface area contributed by atoms with Crippen molar-refractivity contribution in [1.82, 2.24) is 10.9 Å². The Balaban J connectivity index is 1.58. The number of para-hydroxylation sites is 1. The Kier molecular flexibility index (Phi) is 5.16. The Labute approximate surface area is 151 Å². The van der Waals surface area contributed by atoms with Crippen molar-refractivity contribution in [3.8, 4) is 0 Å². The molecule has 0 bridgehead atoms. The van der Waals surface area contributed by atoms with Gasteiger partial charge in [-0.05, 0) is 61.5 Å². The van der Waals surface area contributed by atoms with E-state index in [1.807, 2.05) is 36.6 Å². The number of thiophene rings is 1. The molecule has 1 atom stereocenters. The molecule has 4 nitrogen and oxygen atoms in total. The zero-order valence-electron chi connectivity index (χ0n) is 13.8. The lowest BCUT2D eigenvalue weighted by molar-refractivity contribution is 0.0943. The summed E-state index contributed by atoms with van der Waals surface area (Å²) in [5.41, 5.74) is 9.48. The van der Waals surface area contributed by atoms with Crippen molar-refractivity contribution < 1.29 is 4.79 Å². The summed E-state index contributed by atoms with van der Waals surface area (Å²) in [6, 6.07) is 7.86. The third-order valence-electron chi connectivity index (χ3n) is 4.33. The standard InChI is InChI=1S/C18H21N3OS2/c1-11-7-8-13-14(10-24-16(13)9-11)17(22)20-21-18(23)19-15-6-4-3-5-12(15)2/h3-6,10-11H,7-9H2,1-2H3,(H,20,22)(H2,19,21,23)/t11-/m1/s1. The number of nitrogens with one attached hydrogen (secondary N) is 3. The highest BCUT2D eigenvalue weighted by atomic mass is 32.1. The summed E-state index contributed by atoms with van der Waals surface area (Å²) >= 11 is 6.93. The molecule has 1 aliphatic rings. The summed E-state index contributed by atoms with van der Waals surface area (Å²) in [5.74, 6) is 0.576. The molecule has 24 heavy (non-hydrogen) atoms. The van der Waals surface area contributed by atoms with E-state index in [2.05, 4.69) is 23.1 Å². The summed E-state index contributed by atoms with van der Waals surface area (Å²) in [6.45, 7) is 4.27. The number of rotatable bonds is 2. The van der Waals surface area contributed by atoms with Crippen LogP contribution in [0.1, 0.15) is 39.7 Å². The fourth-order valence-corrected chi connectivity index (χ4v) is 4.32. The fourth-order valence-electron chi connectivity index (χ4n) is 2.92. The van der Waals surface area contributed by atoms with Gasteiger partial charge >= 0.3 is 0 Å². The molecule has 0 saturated carbocycles. The van der Waals surface area contributed by atoms with Gasteiger partial charge in [0, 0.05) is 15.9 Å². The summed E-state index contributed by atoms with van der Waals surface area (Å²) in [4.78, 5) is 13.8. The summed E-state index contributed by atoms with van der Waals surface area (Å²) < 4.78 is 0. The van der Waals surface area contributed by atoms with Gasteiger partial charge in [0.05, 0.1) is 5.56 Å². The molecule has 0 spiro atoms. The second kappa shape index (κ2) is 7.32. The highest BCUT2D eigenvalue weighted by Crippen LogP contribution is 2.32. The topological polar surface area (TPSA) is 53.2 Å². The highest BCUT2D eigenvalue weighted by Gasteiger charge is 2.23. The minimum Gasteiger partial charge on any atom is -0.331 e. The predicted octanol–water partition coefficient (Wildman–Crippen LogP) is 3.81. The largest absolute Gasteiger partial charge is 0.331 e. The molecule has 0 radical (unpaired) electrons. The monoisotopic (exact) mass is 359 g/mol. The van der Waals surface area contributed by atoms with Crippen LogP contribution in [0, 0.1) is 12.8 Å². The number of fused-ring (bicyclic) bond motifs is 1. The lowest BCUT2D eigenvalue weighted by atomic mass is 9.88. The Morgan fingerprint density at radius 2 is 2.08 bits per heavy atom. The zero-order chi connectivity index (χ0) is 17.1. The first-order chi connectivity index (χ1) is 11.5. The molecule has 3 rings (SSSR count). The van der Waals surface area contributed by atoms with E-state index >= 15 is 0 Å². The molecular formula is C18H21N3OS2. The number of carbonyl (C=O) groups is 1. The van der Waals surface area contributed by atoms with Crippen LogP contribution >= 0.6 is 23.6 Å². The van der Waals surface area contributed by atoms with Gasteiger partial charge in [0.1, 0.15) is 0 Å². The molecule has 6 heteroatoms. The maximum absolute atomic E-state index is 12.4. The third kappa shape index (κ3) is 3.76. The molecule has 126 valence electrons. The van der Waals surface area contributed by atoms with E-state index in [-0.39, 0.29) is 5.91 Å². The maximum Gasteiger partial charge on any atom is 0.270 e. The van der Waals surface area contributed by atoms with E-state index in [0.717, 1.165) is 36.1 Å². The maximum atomic E-state index is 12.4. The van der Waals surface area contributed by atoms with Crippen LogP contribution in [0.25, 0.3) is 0 Å². The van der Waals surface area contributed by atoms with Crippen LogP contribution in [0.15, 0.2) is 29.6 Å². The van der Waals surface area contributed by atoms with E-state index in [1.165, 1.54) is 10.4 Å². The van der Waals surface area contributed by atoms with Crippen molar-refractivity contribution in [2.45, 2.75) is 33.1 Å². The van der Waals surface area contributed by atoms with Gasteiger partial charge in [-0.25, -0.2) is 0 Å². The van der Waals surface area contributed by atoms with E-state index in [0.29, 0.717) is 11.0 Å². The minimum atomic E-state index is -0.129. The number of hydrogen-bond acceptors (Lipinski definition) is 3. The second-order valence-electron chi connectivity index (χ2n) is 6.25.